The average molecular weight is 308 g/mol. The van der Waals surface area contributed by atoms with Crippen LogP contribution >= 0.6 is 15.9 Å². The highest BCUT2D eigenvalue weighted by Crippen LogP contribution is 2.21. The third kappa shape index (κ3) is 4.03. The molecule has 0 fully saturated rings. The summed E-state index contributed by atoms with van der Waals surface area (Å²) in [6, 6.07) is 1.30. The Labute approximate surface area is 106 Å². The lowest BCUT2D eigenvalue weighted by molar-refractivity contribution is -0.142. The third-order valence-corrected chi connectivity index (χ3v) is 2.63. The van der Waals surface area contributed by atoms with Crippen molar-refractivity contribution < 1.29 is 18.3 Å². The Bertz CT molecular complexity index is 399. The molecule has 1 aromatic rings. The molecule has 6 heteroatoms. The molecule has 1 aromatic heterocycles. The van der Waals surface area contributed by atoms with E-state index in [0.29, 0.717) is 16.6 Å². The van der Waals surface area contributed by atoms with Crippen LogP contribution in [0.15, 0.2) is 12.3 Å². The molecule has 0 bridgehead atoms. The largest absolute Gasteiger partial charge is 0.466 e. The van der Waals surface area contributed by atoms with Crippen LogP contribution in [0.4, 0.5) is 8.78 Å². The number of rotatable bonds is 5. The first-order chi connectivity index (χ1) is 8.08. The quantitative estimate of drug-likeness (QED) is 0.620. The molecule has 0 spiro atoms. The van der Waals surface area contributed by atoms with Crippen LogP contribution in [0.5, 0.6) is 0 Å². The Morgan fingerprint density at radius 2 is 2.29 bits per heavy atom. The predicted octanol–water partition coefficient (Wildman–Crippen LogP) is 3.02. The van der Waals surface area contributed by atoms with Crippen LogP contribution in [0.1, 0.15) is 30.2 Å². The van der Waals surface area contributed by atoms with E-state index in [1.807, 2.05) is 0 Å². The van der Waals surface area contributed by atoms with Crippen molar-refractivity contribution in [3.63, 3.8) is 0 Å². The van der Waals surface area contributed by atoms with Crippen LogP contribution in [0.3, 0.4) is 0 Å². The van der Waals surface area contributed by atoms with E-state index in [9.17, 15) is 13.6 Å². The minimum Gasteiger partial charge on any atom is -0.466 e. The molecular weight excluding hydrogens is 296 g/mol. The highest BCUT2D eigenvalue weighted by molar-refractivity contribution is 9.08. The number of hydrogen-bond donors (Lipinski definition) is 0. The molecule has 17 heavy (non-hydrogen) atoms. The summed E-state index contributed by atoms with van der Waals surface area (Å²) in [6.45, 7) is 1.96. The van der Waals surface area contributed by atoms with Crippen LogP contribution < -0.4 is 0 Å². The first-order valence-corrected chi connectivity index (χ1v) is 6.18. The fourth-order valence-corrected chi connectivity index (χ4v) is 1.82. The molecular formula is C11H12BrF2NO2. The van der Waals surface area contributed by atoms with Gasteiger partial charge >= 0.3 is 5.97 Å². The number of esters is 1. The van der Waals surface area contributed by atoms with Crippen molar-refractivity contribution in [3.8, 4) is 0 Å². The maximum atomic E-state index is 12.5. The number of ether oxygens (including phenoxy) is 1. The molecule has 0 aliphatic heterocycles. The zero-order valence-electron chi connectivity index (χ0n) is 9.25. The van der Waals surface area contributed by atoms with Crippen molar-refractivity contribution >= 4 is 21.9 Å². The van der Waals surface area contributed by atoms with Crippen LogP contribution in [0.25, 0.3) is 0 Å². The highest BCUT2D eigenvalue weighted by Gasteiger charge is 2.14. The highest BCUT2D eigenvalue weighted by atomic mass is 79.9. The molecule has 1 heterocycles. The monoisotopic (exact) mass is 307 g/mol. The Morgan fingerprint density at radius 1 is 1.59 bits per heavy atom. The van der Waals surface area contributed by atoms with E-state index in [1.165, 1.54) is 6.07 Å². The van der Waals surface area contributed by atoms with Crippen molar-refractivity contribution in [1.82, 2.24) is 4.98 Å². The summed E-state index contributed by atoms with van der Waals surface area (Å²) in [5.41, 5.74) is 0.856. The topological polar surface area (TPSA) is 39.2 Å². The number of halogens is 3. The van der Waals surface area contributed by atoms with E-state index >= 15 is 0 Å². The number of alkyl halides is 3. The molecule has 1 rings (SSSR count). The Kier molecular flexibility index (Phi) is 5.47. The second kappa shape index (κ2) is 6.64. The molecule has 94 valence electrons. The Hall–Kier alpha value is -1.04. The average Bonchev–Trinajstić information content (AvgIpc) is 2.29. The van der Waals surface area contributed by atoms with E-state index in [-0.39, 0.29) is 18.6 Å². The van der Waals surface area contributed by atoms with Gasteiger partial charge in [-0.1, -0.05) is 15.9 Å². The molecule has 3 nitrogen and oxygen atoms in total. The third-order valence-electron chi connectivity index (χ3n) is 2.10. The number of carbonyl (C=O) groups is 1. The number of pyridine rings is 1. The maximum Gasteiger partial charge on any atom is 0.310 e. The lowest BCUT2D eigenvalue weighted by Gasteiger charge is -2.08. The van der Waals surface area contributed by atoms with Gasteiger partial charge in [-0.15, -0.1) is 0 Å². The van der Waals surface area contributed by atoms with Gasteiger partial charge < -0.3 is 4.74 Å². The summed E-state index contributed by atoms with van der Waals surface area (Å²) in [7, 11) is 0. The standard InChI is InChI=1S/C11H12BrF2NO2/c1-2-17-10(16)4-7-3-8(11(13)14)6-15-9(7)5-12/h3,6,11H,2,4-5H2,1H3. The molecule has 0 amide bonds. The van der Waals surface area contributed by atoms with Crippen LogP contribution in [-0.2, 0) is 21.3 Å². The second-order valence-corrected chi connectivity index (χ2v) is 3.85. The van der Waals surface area contributed by atoms with E-state index in [2.05, 4.69) is 20.9 Å². The van der Waals surface area contributed by atoms with Crippen LogP contribution in [0, 0.1) is 0 Å². The van der Waals surface area contributed by atoms with Gasteiger partial charge in [-0.05, 0) is 18.6 Å². The predicted molar refractivity (Wildman–Crippen MR) is 62.2 cm³/mol. The summed E-state index contributed by atoms with van der Waals surface area (Å²) in [5, 5.41) is 0.408. The van der Waals surface area contributed by atoms with Crippen LogP contribution in [-0.4, -0.2) is 17.6 Å². The first kappa shape index (κ1) is 14.0. The van der Waals surface area contributed by atoms with E-state index < -0.39 is 12.4 Å². The summed E-state index contributed by atoms with van der Waals surface area (Å²) >= 11 is 3.20. The molecule has 0 atom stereocenters. The smallest absolute Gasteiger partial charge is 0.310 e. The molecule has 0 saturated heterocycles. The fourth-order valence-electron chi connectivity index (χ4n) is 1.32. The zero-order chi connectivity index (χ0) is 12.8. The molecule has 0 saturated carbocycles. The Balaban J connectivity index is 2.93. The van der Waals surface area contributed by atoms with E-state index in [1.54, 1.807) is 6.92 Å². The lowest BCUT2D eigenvalue weighted by Crippen LogP contribution is -2.10. The zero-order valence-corrected chi connectivity index (χ0v) is 10.8. The van der Waals surface area contributed by atoms with Gasteiger partial charge in [-0.25, -0.2) is 8.78 Å². The molecule has 0 unspecified atom stereocenters. The van der Waals surface area contributed by atoms with E-state index in [0.717, 1.165) is 6.20 Å². The first-order valence-electron chi connectivity index (χ1n) is 5.05. The van der Waals surface area contributed by atoms with Gasteiger partial charge in [-0.2, -0.15) is 0 Å². The van der Waals surface area contributed by atoms with Gasteiger partial charge in [0, 0.05) is 17.1 Å². The summed E-state index contributed by atoms with van der Waals surface area (Å²) in [6.07, 6.45) is -1.51. The summed E-state index contributed by atoms with van der Waals surface area (Å²) in [5.74, 6) is -0.442. The van der Waals surface area contributed by atoms with Gasteiger partial charge in [0.15, 0.2) is 0 Å². The molecule has 0 radical (unpaired) electrons. The van der Waals surface area contributed by atoms with Gasteiger partial charge in [0.25, 0.3) is 6.43 Å². The van der Waals surface area contributed by atoms with Gasteiger partial charge in [0.1, 0.15) is 0 Å². The normalized spacial score (nSPS) is 10.6. The van der Waals surface area contributed by atoms with Crippen molar-refractivity contribution in [3.05, 3.63) is 29.1 Å². The number of carbonyl (C=O) groups excluding carboxylic acids is 1. The molecule has 0 aliphatic carbocycles. The number of aromatic nitrogens is 1. The SMILES string of the molecule is CCOC(=O)Cc1cc(C(F)F)cnc1CBr. The minimum absolute atomic E-state index is 0.0394. The number of hydrogen-bond acceptors (Lipinski definition) is 3. The van der Waals surface area contributed by atoms with Gasteiger partial charge in [0.05, 0.1) is 18.7 Å². The molecule has 0 aromatic carbocycles. The summed E-state index contributed by atoms with van der Waals surface area (Å²) < 4.78 is 29.8. The van der Waals surface area contributed by atoms with Crippen molar-refractivity contribution in [2.24, 2.45) is 0 Å². The second-order valence-electron chi connectivity index (χ2n) is 3.29. The van der Waals surface area contributed by atoms with Crippen molar-refractivity contribution in [1.29, 1.82) is 0 Å². The fraction of sp³-hybridized carbons (Fsp3) is 0.455. The summed E-state index contributed by atoms with van der Waals surface area (Å²) in [4.78, 5) is 15.2. The minimum atomic E-state index is -2.59. The lowest BCUT2D eigenvalue weighted by atomic mass is 10.1. The molecule has 0 aliphatic rings. The van der Waals surface area contributed by atoms with Gasteiger partial charge in [-0.3, -0.25) is 9.78 Å². The maximum absolute atomic E-state index is 12.5. The Morgan fingerprint density at radius 3 is 2.82 bits per heavy atom. The number of nitrogens with zero attached hydrogens (tertiary/aromatic N) is 1. The van der Waals surface area contributed by atoms with Gasteiger partial charge in [0.2, 0.25) is 0 Å². The van der Waals surface area contributed by atoms with Crippen molar-refractivity contribution in [2.75, 3.05) is 6.61 Å². The molecule has 0 N–H and O–H groups in total. The van der Waals surface area contributed by atoms with Crippen molar-refractivity contribution in [2.45, 2.75) is 25.1 Å². The van der Waals surface area contributed by atoms with E-state index in [4.69, 9.17) is 4.74 Å². The van der Waals surface area contributed by atoms with Crippen LogP contribution in [0.2, 0.25) is 0 Å².